The third-order valence-electron chi connectivity index (χ3n) is 3.88. The Morgan fingerprint density at radius 2 is 2.08 bits per heavy atom. The Balaban J connectivity index is 1.72. The minimum Gasteiger partial charge on any atom is -0.475 e. The lowest BCUT2D eigenvalue weighted by atomic mass is 10.1. The van der Waals surface area contributed by atoms with Crippen LogP contribution >= 0.6 is 0 Å². The number of anilines is 1. The summed E-state index contributed by atoms with van der Waals surface area (Å²) in [6.07, 6.45) is 1.16. The van der Waals surface area contributed by atoms with E-state index in [2.05, 4.69) is 5.32 Å². The fourth-order valence-electron chi connectivity index (χ4n) is 2.63. The van der Waals surface area contributed by atoms with Gasteiger partial charge in [-0.2, -0.15) is 0 Å². The second-order valence-electron chi connectivity index (χ2n) is 5.57. The monoisotopic (exact) mass is 346 g/mol. The zero-order chi connectivity index (χ0) is 18.0. The molecule has 0 aliphatic carbocycles. The summed E-state index contributed by atoms with van der Waals surface area (Å²) in [5.74, 6) is -2.68. The van der Waals surface area contributed by atoms with Gasteiger partial charge in [0.05, 0.1) is 12.1 Å². The average Bonchev–Trinajstić information content (AvgIpc) is 3.22. The summed E-state index contributed by atoms with van der Waals surface area (Å²) >= 11 is 0. The largest absolute Gasteiger partial charge is 0.475 e. The number of nitrogens with one attached hydrogen (secondary N) is 1. The smallest absolute Gasteiger partial charge is 0.371 e. The summed E-state index contributed by atoms with van der Waals surface area (Å²) in [6.45, 7) is 0.453. The molecule has 0 atom stereocenters. The normalized spacial score (nSPS) is 14.0. The van der Waals surface area contributed by atoms with Gasteiger partial charge in [-0.05, 0) is 36.8 Å². The summed E-state index contributed by atoms with van der Waals surface area (Å²) < 4.78 is 19.0. The van der Waals surface area contributed by atoms with E-state index < -0.39 is 17.7 Å². The van der Waals surface area contributed by atoms with Gasteiger partial charge in [-0.15, -0.1) is 0 Å². The molecule has 1 aliphatic heterocycles. The summed E-state index contributed by atoms with van der Waals surface area (Å²) in [5, 5.41) is 11.3. The summed E-state index contributed by atoms with van der Waals surface area (Å²) in [4.78, 5) is 36.3. The number of carbonyl (C=O) groups is 3. The van der Waals surface area contributed by atoms with Gasteiger partial charge < -0.3 is 19.7 Å². The van der Waals surface area contributed by atoms with Crippen LogP contribution in [0.1, 0.15) is 39.5 Å². The quantitative estimate of drug-likeness (QED) is 0.864. The zero-order valence-electron chi connectivity index (χ0n) is 13.1. The number of nitrogens with zero attached hydrogens (tertiary/aromatic N) is 1. The van der Waals surface area contributed by atoms with Crippen molar-refractivity contribution in [3.05, 3.63) is 53.2 Å². The Morgan fingerprint density at radius 1 is 1.28 bits per heavy atom. The molecule has 0 spiro atoms. The van der Waals surface area contributed by atoms with Gasteiger partial charge in [-0.1, -0.05) is 0 Å². The molecule has 1 saturated heterocycles. The highest BCUT2D eigenvalue weighted by Gasteiger charge is 2.23. The molecule has 2 N–H and O–H groups in total. The maximum atomic E-state index is 14.0. The van der Waals surface area contributed by atoms with Gasteiger partial charge in [-0.3, -0.25) is 9.59 Å². The molecule has 2 amide bonds. The Kier molecular flexibility index (Phi) is 4.51. The van der Waals surface area contributed by atoms with E-state index in [0.29, 0.717) is 18.7 Å². The number of hydrogen-bond acceptors (Lipinski definition) is 4. The van der Waals surface area contributed by atoms with Crippen LogP contribution in [0.25, 0.3) is 0 Å². The second-order valence-corrected chi connectivity index (χ2v) is 5.57. The molecular weight excluding hydrogens is 331 g/mol. The number of carbonyl (C=O) groups excluding carboxylic acids is 2. The molecule has 2 aromatic rings. The lowest BCUT2D eigenvalue weighted by Crippen LogP contribution is -2.26. The molecule has 0 bridgehead atoms. The molecule has 0 unspecified atom stereocenters. The number of carboxylic acid groups (broad SMARTS) is 1. The Labute approximate surface area is 142 Å². The molecule has 1 fully saturated rings. The van der Waals surface area contributed by atoms with Crippen molar-refractivity contribution in [1.29, 1.82) is 0 Å². The van der Waals surface area contributed by atoms with Crippen molar-refractivity contribution in [2.45, 2.75) is 19.4 Å². The highest BCUT2D eigenvalue weighted by atomic mass is 19.1. The van der Waals surface area contributed by atoms with Crippen LogP contribution in [0.2, 0.25) is 0 Å². The SMILES string of the molecule is O=C(O)c1ccc(CNC(=O)c2cc(N3CCCC3=O)ccc2F)o1. The van der Waals surface area contributed by atoms with Crippen molar-refractivity contribution < 1.29 is 28.3 Å². The number of halogens is 1. The number of hydrogen-bond donors (Lipinski definition) is 2. The standard InChI is InChI=1S/C17H15FN2O5/c18-13-5-3-10(20-7-1-2-15(20)21)8-12(13)16(22)19-9-11-4-6-14(25-11)17(23)24/h3-6,8H,1-2,7,9H2,(H,19,22)(H,23,24). The van der Waals surface area contributed by atoms with E-state index >= 15 is 0 Å². The van der Waals surface area contributed by atoms with Crippen molar-refractivity contribution >= 4 is 23.5 Å². The van der Waals surface area contributed by atoms with E-state index in [0.717, 1.165) is 12.5 Å². The van der Waals surface area contributed by atoms with Crippen LogP contribution in [0.4, 0.5) is 10.1 Å². The first-order chi connectivity index (χ1) is 12.0. The molecule has 1 aromatic heterocycles. The van der Waals surface area contributed by atoms with Gasteiger partial charge in [0.2, 0.25) is 11.7 Å². The third kappa shape index (κ3) is 3.52. The van der Waals surface area contributed by atoms with Crippen molar-refractivity contribution in [2.75, 3.05) is 11.4 Å². The van der Waals surface area contributed by atoms with Crippen molar-refractivity contribution in [3.63, 3.8) is 0 Å². The summed E-state index contributed by atoms with van der Waals surface area (Å²) in [7, 11) is 0. The molecule has 0 saturated carbocycles. The average molecular weight is 346 g/mol. The van der Waals surface area contributed by atoms with Gasteiger partial charge in [0.25, 0.3) is 5.91 Å². The van der Waals surface area contributed by atoms with Gasteiger partial charge >= 0.3 is 5.97 Å². The molecule has 8 heteroatoms. The first-order valence-corrected chi connectivity index (χ1v) is 7.66. The molecule has 1 aliphatic rings. The number of aromatic carboxylic acids is 1. The minimum atomic E-state index is -1.22. The van der Waals surface area contributed by atoms with E-state index in [1.165, 1.54) is 29.2 Å². The van der Waals surface area contributed by atoms with Crippen LogP contribution in [0.15, 0.2) is 34.7 Å². The van der Waals surface area contributed by atoms with Crippen LogP contribution in [0.3, 0.4) is 0 Å². The highest BCUT2D eigenvalue weighted by molar-refractivity contribution is 5.99. The van der Waals surface area contributed by atoms with Crippen LogP contribution in [0.5, 0.6) is 0 Å². The van der Waals surface area contributed by atoms with E-state index in [4.69, 9.17) is 9.52 Å². The fourth-order valence-corrected chi connectivity index (χ4v) is 2.63. The molecule has 7 nitrogen and oxygen atoms in total. The fraction of sp³-hybridized carbons (Fsp3) is 0.235. The topological polar surface area (TPSA) is 99.9 Å². The molecule has 0 radical (unpaired) electrons. The minimum absolute atomic E-state index is 0.0604. The molecule has 3 rings (SSSR count). The van der Waals surface area contributed by atoms with Gasteiger partial charge in [0.1, 0.15) is 11.6 Å². The summed E-state index contributed by atoms with van der Waals surface area (Å²) in [6, 6.07) is 6.62. The van der Waals surface area contributed by atoms with E-state index in [1.807, 2.05) is 0 Å². The molecule has 1 aromatic carbocycles. The molecular formula is C17H15FN2O5. The first kappa shape index (κ1) is 16.7. The van der Waals surface area contributed by atoms with Crippen molar-refractivity contribution in [3.8, 4) is 0 Å². The lowest BCUT2D eigenvalue weighted by Gasteiger charge is -2.16. The molecule has 25 heavy (non-hydrogen) atoms. The van der Waals surface area contributed by atoms with Gasteiger partial charge in [0, 0.05) is 18.7 Å². The van der Waals surface area contributed by atoms with E-state index in [1.54, 1.807) is 0 Å². The van der Waals surface area contributed by atoms with Crippen LogP contribution in [-0.4, -0.2) is 29.4 Å². The highest BCUT2D eigenvalue weighted by Crippen LogP contribution is 2.24. The van der Waals surface area contributed by atoms with Crippen LogP contribution in [0, 0.1) is 5.82 Å². The first-order valence-electron chi connectivity index (χ1n) is 7.66. The van der Waals surface area contributed by atoms with Crippen LogP contribution < -0.4 is 10.2 Å². The van der Waals surface area contributed by atoms with Gasteiger partial charge in [-0.25, -0.2) is 9.18 Å². The number of benzene rings is 1. The number of carboxylic acids is 1. The Morgan fingerprint density at radius 3 is 2.72 bits per heavy atom. The predicted octanol–water partition coefficient (Wildman–Crippen LogP) is 2.17. The van der Waals surface area contributed by atoms with Crippen molar-refractivity contribution in [1.82, 2.24) is 5.32 Å². The number of amides is 2. The lowest BCUT2D eigenvalue weighted by molar-refractivity contribution is -0.117. The van der Waals surface area contributed by atoms with E-state index in [9.17, 15) is 18.8 Å². The molecule has 130 valence electrons. The number of furan rings is 1. The Bertz CT molecular complexity index is 845. The van der Waals surface area contributed by atoms with Gasteiger partial charge in [0.15, 0.2) is 0 Å². The maximum Gasteiger partial charge on any atom is 0.371 e. The zero-order valence-corrected chi connectivity index (χ0v) is 13.1. The predicted molar refractivity (Wildman–Crippen MR) is 84.8 cm³/mol. The molecule has 2 heterocycles. The third-order valence-corrected chi connectivity index (χ3v) is 3.88. The maximum absolute atomic E-state index is 14.0. The Hall–Kier alpha value is -3.16. The summed E-state index contributed by atoms with van der Waals surface area (Å²) in [5.41, 5.74) is 0.280. The number of rotatable bonds is 5. The van der Waals surface area contributed by atoms with Crippen molar-refractivity contribution in [2.24, 2.45) is 0 Å². The van der Waals surface area contributed by atoms with E-state index in [-0.39, 0.29) is 29.5 Å². The van der Waals surface area contributed by atoms with Crippen LogP contribution in [-0.2, 0) is 11.3 Å². The second kappa shape index (κ2) is 6.76.